The molecular weight excluding hydrogens is 302 g/mol. The molecule has 2 rings (SSSR count). The number of halogens is 3. The van der Waals surface area contributed by atoms with E-state index in [-0.39, 0.29) is 15.6 Å². The van der Waals surface area contributed by atoms with Crippen LogP contribution in [-0.2, 0) is 6.54 Å². The fraction of sp³-hybridized carbons (Fsp3) is 0.385. The molecule has 0 spiro atoms. The van der Waals surface area contributed by atoms with E-state index < -0.39 is 5.82 Å². The maximum absolute atomic E-state index is 13.4. The second kappa shape index (κ2) is 5.68. The predicted molar refractivity (Wildman–Crippen MR) is 77.9 cm³/mol. The molecule has 0 aliphatic heterocycles. The highest BCUT2D eigenvalue weighted by molar-refractivity contribution is 6.35. The molecule has 1 aromatic carbocycles. The van der Waals surface area contributed by atoms with Crippen molar-refractivity contribution in [3.05, 3.63) is 39.9 Å². The highest BCUT2D eigenvalue weighted by atomic mass is 35.5. The van der Waals surface area contributed by atoms with Crippen LogP contribution in [0.2, 0.25) is 10.0 Å². The molecule has 0 bridgehead atoms. The molecule has 0 amide bonds. The quantitative estimate of drug-likeness (QED) is 0.880. The van der Waals surface area contributed by atoms with Crippen LogP contribution >= 0.6 is 23.2 Å². The fourth-order valence-electron chi connectivity index (χ4n) is 1.61. The monoisotopic (exact) mass is 316 g/mol. The lowest BCUT2D eigenvalue weighted by molar-refractivity contribution is 0.418. The van der Waals surface area contributed by atoms with Crippen molar-refractivity contribution < 1.29 is 4.39 Å². The standard InChI is InChI=1S/C13H15Cl2FN4/c1-13(2,3)17-6-9-7-18-19-20(9)8-4-10(14)12(16)11(15)5-8/h4-5,7,17H,6H2,1-3H3. The lowest BCUT2D eigenvalue weighted by Crippen LogP contribution is -2.35. The largest absolute Gasteiger partial charge is 0.306 e. The summed E-state index contributed by atoms with van der Waals surface area (Å²) in [4.78, 5) is 0. The van der Waals surface area contributed by atoms with Gasteiger partial charge >= 0.3 is 0 Å². The van der Waals surface area contributed by atoms with Crippen molar-refractivity contribution >= 4 is 23.2 Å². The van der Waals surface area contributed by atoms with Crippen LogP contribution in [0.5, 0.6) is 0 Å². The minimum absolute atomic E-state index is 0.0345. The Bertz CT molecular complexity index is 596. The summed E-state index contributed by atoms with van der Waals surface area (Å²) in [6.45, 7) is 6.76. The summed E-state index contributed by atoms with van der Waals surface area (Å²) in [7, 11) is 0. The van der Waals surface area contributed by atoms with Crippen LogP contribution in [0.1, 0.15) is 26.5 Å². The van der Waals surface area contributed by atoms with Gasteiger partial charge in [0.05, 0.1) is 27.6 Å². The van der Waals surface area contributed by atoms with Gasteiger partial charge in [-0.1, -0.05) is 28.4 Å². The zero-order chi connectivity index (χ0) is 14.9. The highest BCUT2D eigenvalue weighted by Crippen LogP contribution is 2.26. The number of nitrogens with one attached hydrogen (secondary N) is 1. The number of aromatic nitrogens is 3. The van der Waals surface area contributed by atoms with Gasteiger partial charge in [0.25, 0.3) is 0 Å². The smallest absolute Gasteiger partial charge is 0.160 e. The molecule has 1 N–H and O–H groups in total. The molecule has 7 heteroatoms. The van der Waals surface area contributed by atoms with Crippen LogP contribution in [0.3, 0.4) is 0 Å². The zero-order valence-corrected chi connectivity index (χ0v) is 12.9. The Morgan fingerprint density at radius 2 is 1.85 bits per heavy atom. The molecular formula is C13H15Cl2FN4. The van der Waals surface area contributed by atoms with E-state index in [0.717, 1.165) is 5.69 Å². The lowest BCUT2D eigenvalue weighted by atomic mass is 10.1. The summed E-state index contributed by atoms with van der Waals surface area (Å²) in [5.41, 5.74) is 1.37. The van der Waals surface area contributed by atoms with Gasteiger partial charge in [-0.2, -0.15) is 0 Å². The van der Waals surface area contributed by atoms with Crippen LogP contribution < -0.4 is 5.32 Å². The molecule has 0 atom stereocenters. The molecule has 1 heterocycles. The Balaban J connectivity index is 2.33. The summed E-state index contributed by atoms with van der Waals surface area (Å²) in [6.07, 6.45) is 1.64. The third-order valence-corrected chi connectivity index (χ3v) is 3.18. The Labute approximate surface area is 126 Å². The Hall–Kier alpha value is -1.17. The Morgan fingerprint density at radius 1 is 1.25 bits per heavy atom. The summed E-state index contributed by atoms with van der Waals surface area (Å²) >= 11 is 11.6. The van der Waals surface area contributed by atoms with Gasteiger partial charge in [-0.15, -0.1) is 5.10 Å². The van der Waals surface area contributed by atoms with Gasteiger partial charge in [0, 0.05) is 12.1 Å². The maximum atomic E-state index is 13.4. The van der Waals surface area contributed by atoms with E-state index in [2.05, 4.69) is 36.4 Å². The number of nitrogens with zero attached hydrogens (tertiary/aromatic N) is 3. The van der Waals surface area contributed by atoms with E-state index >= 15 is 0 Å². The van der Waals surface area contributed by atoms with Gasteiger partial charge in [-0.05, 0) is 32.9 Å². The number of hydrogen-bond acceptors (Lipinski definition) is 3. The fourth-order valence-corrected chi connectivity index (χ4v) is 2.09. The molecule has 2 aromatic rings. The van der Waals surface area contributed by atoms with Crippen molar-refractivity contribution in [1.82, 2.24) is 20.3 Å². The van der Waals surface area contributed by atoms with Crippen LogP contribution in [0.25, 0.3) is 5.69 Å². The summed E-state index contributed by atoms with van der Waals surface area (Å²) in [5.74, 6) is -0.633. The molecule has 0 unspecified atom stereocenters. The molecule has 1 aromatic heterocycles. The molecule has 4 nitrogen and oxygen atoms in total. The van der Waals surface area contributed by atoms with Gasteiger partial charge in [-0.3, -0.25) is 0 Å². The van der Waals surface area contributed by atoms with Crippen LogP contribution in [0, 0.1) is 5.82 Å². The first-order valence-electron chi connectivity index (χ1n) is 6.07. The first-order valence-corrected chi connectivity index (χ1v) is 6.83. The highest BCUT2D eigenvalue weighted by Gasteiger charge is 2.14. The molecule has 20 heavy (non-hydrogen) atoms. The summed E-state index contributed by atoms with van der Waals surface area (Å²) < 4.78 is 15.0. The van der Waals surface area contributed by atoms with E-state index in [1.54, 1.807) is 10.9 Å². The Morgan fingerprint density at radius 3 is 2.40 bits per heavy atom. The molecule has 0 radical (unpaired) electrons. The second-order valence-corrected chi connectivity index (χ2v) is 6.28. The van der Waals surface area contributed by atoms with E-state index in [9.17, 15) is 4.39 Å². The molecule has 108 valence electrons. The molecule has 0 aliphatic rings. The topological polar surface area (TPSA) is 42.7 Å². The van der Waals surface area contributed by atoms with Gasteiger partial charge in [0.2, 0.25) is 0 Å². The molecule has 0 aliphatic carbocycles. The third-order valence-electron chi connectivity index (χ3n) is 2.63. The van der Waals surface area contributed by atoms with Gasteiger partial charge in [0.1, 0.15) is 0 Å². The van der Waals surface area contributed by atoms with Crippen molar-refractivity contribution in [2.75, 3.05) is 0 Å². The van der Waals surface area contributed by atoms with E-state index in [1.165, 1.54) is 12.1 Å². The minimum atomic E-state index is -0.633. The average molecular weight is 317 g/mol. The van der Waals surface area contributed by atoms with Gasteiger partial charge in [-0.25, -0.2) is 9.07 Å². The number of hydrogen-bond donors (Lipinski definition) is 1. The summed E-state index contributed by atoms with van der Waals surface area (Å²) in [5, 5.41) is 11.1. The third kappa shape index (κ3) is 3.48. The van der Waals surface area contributed by atoms with E-state index in [4.69, 9.17) is 23.2 Å². The van der Waals surface area contributed by atoms with Crippen LogP contribution in [0.4, 0.5) is 4.39 Å². The average Bonchev–Trinajstić information content (AvgIpc) is 2.80. The first kappa shape index (κ1) is 15.2. The van der Waals surface area contributed by atoms with E-state index in [0.29, 0.717) is 12.2 Å². The Kier molecular flexibility index (Phi) is 4.32. The van der Waals surface area contributed by atoms with Gasteiger partial charge < -0.3 is 5.32 Å². The first-order chi connectivity index (χ1) is 9.28. The molecule has 0 saturated heterocycles. The van der Waals surface area contributed by atoms with Crippen LogP contribution in [-0.4, -0.2) is 20.5 Å². The van der Waals surface area contributed by atoms with Crippen molar-refractivity contribution in [1.29, 1.82) is 0 Å². The minimum Gasteiger partial charge on any atom is -0.306 e. The maximum Gasteiger partial charge on any atom is 0.160 e. The predicted octanol–water partition coefficient (Wildman–Crippen LogP) is 3.60. The van der Waals surface area contributed by atoms with E-state index in [1.807, 2.05) is 0 Å². The molecule has 0 fully saturated rings. The van der Waals surface area contributed by atoms with Crippen LogP contribution in [0.15, 0.2) is 18.3 Å². The normalized spacial score (nSPS) is 11.9. The van der Waals surface area contributed by atoms with Gasteiger partial charge in [0.15, 0.2) is 5.82 Å². The zero-order valence-electron chi connectivity index (χ0n) is 11.4. The van der Waals surface area contributed by atoms with Crippen molar-refractivity contribution in [2.45, 2.75) is 32.9 Å². The lowest BCUT2D eigenvalue weighted by Gasteiger charge is -2.20. The number of benzene rings is 1. The summed E-state index contributed by atoms with van der Waals surface area (Å²) in [6, 6.07) is 2.94. The SMILES string of the molecule is CC(C)(C)NCc1cnnn1-c1cc(Cl)c(F)c(Cl)c1. The number of rotatable bonds is 3. The van der Waals surface area contributed by atoms with Crippen molar-refractivity contribution in [3.63, 3.8) is 0 Å². The van der Waals surface area contributed by atoms with Crippen molar-refractivity contribution in [3.8, 4) is 5.69 Å². The second-order valence-electron chi connectivity index (χ2n) is 5.46. The molecule has 0 saturated carbocycles. The van der Waals surface area contributed by atoms with Crippen molar-refractivity contribution in [2.24, 2.45) is 0 Å².